The number of rotatable bonds is 6. The van der Waals surface area contributed by atoms with Crippen LogP contribution >= 0.6 is 23.4 Å². The third kappa shape index (κ3) is 5.32. The number of anilines is 1. The maximum Gasteiger partial charge on any atom is 0.238 e. The summed E-state index contributed by atoms with van der Waals surface area (Å²) in [7, 11) is 0. The summed E-state index contributed by atoms with van der Waals surface area (Å²) >= 11 is 7.99. The van der Waals surface area contributed by atoms with Crippen molar-refractivity contribution in [2.24, 2.45) is 0 Å². The monoisotopic (exact) mass is 313 g/mol. The van der Waals surface area contributed by atoms with Crippen LogP contribution in [0.25, 0.3) is 0 Å². The number of benzene rings is 1. The standard InChI is InChI=1S/C14H20ClN3OS/c15-12-3-1-2-4-13(12)17-14(19)11-16-5-6-18-7-9-20-10-8-18/h1-4,16H,5-11H2,(H,17,19). The van der Waals surface area contributed by atoms with Crippen LogP contribution in [0.4, 0.5) is 5.69 Å². The number of halogens is 1. The molecule has 1 aliphatic heterocycles. The Morgan fingerprint density at radius 2 is 2.05 bits per heavy atom. The Morgan fingerprint density at radius 3 is 2.80 bits per heavy atom. The van der Waals surface area contributed by atoms with Crippen molar-refractivity contribution in [2.45, 2.75) is 0 Å². The minimum atomic E-state index is -0.0627. The highest BCUT2D eigenvalue weighted by Gasteiger charge is 2.09. The number of carbonyl (C=O) groups is 1. The van der Waals surface area contributed by atoms with Crippen molar-refractivity contribution in [1.82, 2.24) is 10.2 Å². The minimum absolute atomic E-state index is 0.0627. The van der Waals surface area contributed by atoms with E-state index in [0.29, 0.717) is 17.3 Å². The van der Waals surface area contributed by atoms with Crippen molar-refractivity contribution in [3.63, 3.8) is 0 Å². The van der Waals surface area contributed by atoms with Gasteiger partial charge in [-0.15, -0.1) is 0 Å². The number of hydrogen-bond acceptors (Lipinski definition) is 4. The molecule has 1 aromatic rings. The molecule has 0 spiro atoms. The van der Waals surface area contributed by atoms with Crippen LogP contribution in [0.5, 0.6) is 0 Å². The Labute approximate surface area is 129 Å². The number of nitrogens with one attached hydrogen (secondary N) is 2. The quantitative estimate of drug-likeness (QED) is 0.788. The average Bonchev–Trinajstić information content (AvgIpc) is 2.47. The van der Waals surface area contributed by atoms with Gasteiger partial charge >= 0.3 is 0 Å². The van der Waals surface area contributed by atoms with Crippen molar-refractivity contribution in [1.29, 1.82) is 0 Å². The van der Waals surface area contributed by atoms with Crippen molar-refractivity contribution in [3.8, 4) is 0 Å². The predicted octanol–water partition coefficient (Wildman–Crippen LogP) is 1.92. The highest BCUT2D eigenvalue weighted by molar-refractivity contribution is 7.99. The number of amides is 1. The smallest absolute Gasteiger partial charge is 0.238 e. The molecule has 1 aliphatic rings. The molecule has 2 N–H and O–H groups in total. The highest BCUT2D eigenvalue weighted by Crippen LogP contribution is 2.19. The molecule has 1 aromatic carbocycles. The molecule has 0 atom stereocenters. The fourth-order valence-corrected chi connectivity index (χ4v) is 3.18. The van der Waals surface area contributed by atoms with Gasteiger partial charge in [-0.1, -0.05) is 23.7 Å². The first-order chi connectivity index (χ1) is 9.75. The van der Waals surface area contributed by atoms with Crippen LogP contribution in [-0.4, -0.2) is 55.0 Å². The summed E-state index contributed by atoms with van der Waals surface area (Å²) in [5.41, 5.74) is 0.661. The summed E-state index contributed by atoms with van der Waals surface area (Å²) in [6.07, 6.45) is 0. The molecule has 0 aromatic heterocycles. The number of carbonyl (C=O) groups excluding carboxylic acids is 1. The second kappa shape index (κ2) is 8.52. The number of thioether (sulfide) groups is 1. The van der Waals surface area contributed by atoms with Crippen LogP contribution in [0.2, 0.25) is 5.02 Å². The molecule has 0 aliphatic carbocycles. The highest BCUT2D eigenvalue weighted by atomic mass is 35.5. The Balaban J connectivity index is 1.61. The largest absolute Gasteiger partial charge is 0.324 e. The number of para-hydroxylation sites is 1. The maximum atomic E-state index is 11.8. The zero-order valence-electron chi connectivity index (χ0n) is 11.4. The van der Waals surface area contributed by atoms with Crippen LogP contribution in [0.3, 0.4) is 0 Å². The Bertz CT molecular complexity index is 438. The van der Waals surface area contributed by atoms with Crippen LogP contribution in [0, 0.1) is 0 Å². The van der Waals surface area contributed by atoms with Gasteiger partial charge in [0.15, 0.2) is 0 Å². The van der Waals surface area contributed by atoms with E-state index < -0.39 is 0 Å². The predicted molar refractivity (Wildman–Crippen MR) is 86.7 cm³/mol. The van der Waals surface area contributed by atoms with E-state index in [1.54, 1.807) is 12.1 Å². The van der Waals surface area contributed by atoms with Gasteiger partial charge in [-0.05, 0) is 12.1 Å². The molecule has 0 saturated carbocycles. The third-order valence-electron chi connectivity index (χ3n) is 3.14. The molecule has 1 saturated heterocycles. The first kappa shape index (κ1) is 15.6. The lowest BCUT2D eigenvalue weighted by Gasteiger charge is -2.26. The van der Waals surface area contributed by atoms with Gasteiger partial charge in [-0.3, -0.25) is 4.79 Å². The summed E-state index contributed by atoms with van der Waals surface area (Å²) in [5, 5.41) is 6.53. The molecule has 1 amide bonds. The van der Waals surface area contributed by atoms with Gasteiger partial charge in [0, 0.05) is 37.7 Å². The van der Waals surface area contributed by atoms with E-state index in [9.17, 15) is 4.79 Å². The van der Waals surface area contributed by atoms with Crippen LogP contribution < -0.4 is 10.6 Å². The molecule has 2 rings (SSSR count). The summed E-state index contributed by atoms with van der Waals surface area (Å²) in [5.74, 6) is 2.37. The van der Waals surface area contributed by atoms with Gasteiger partial charge in [0.2, 0.25) is 5.91 Å². The van der Waals surface area contributed by atoms with E-state index >= 15 is 0 Å². The van der Waals surface area contributed by atoms with Crippen molar-refractivity contribution < 1.29 is 4.79 Å². The molecule has 6 heteroatoms. The molecule has 0 bridgehead atoms. The molecule has 20 heavy (non-hydrogen) atoms. The van der Waals surface area contributed by atoms with Crippen LogP contribution in [-0.2, 0) is 4.79 Å². The number of nitrogens with zero attached hydrogens (tertiary/aromatic N) is 1. The summed E-state index contributed by atoms with van der Waals surface area (Å²) in [6.45, 7) is 4.45. The first-order valence-electron chi connectivity index (χ1n) is 6.81. The van der Waals surface area contributed by atoms with E-state index in [0.717, 1.165) is 26.2 Å². The second-order valence-electron chi connectivity index (χ2n) is 4.66. The van der Waals surface area contributed by atoms with E-state index in [2.05, 4.69) is 15.5 Å². The van der Waals surface area contributed by atoms with Gasteiger partial charge in [0.1, 0.15) is 0 Å². The van der Waals surface area contributed by atoms with Gasteiger partial charge in [0.05, 0.1) is 17.3 Å². The Hall–Kier alpha value is -0.750. The summed E-state index contributed by atoms with van der Waals surface area (Å²) < 4.78 is 0. The fourth-order valence-electron chi connectivity index (χ4n) is 2.02. The SMILES string of the molecule is O=C(CNCCN1CCSCC1)Nc1ccccc1Cl. The van der Waals surface area contributed by atoms with Gasteiger partial charge < -0.3 is 15.5 Å². The van der Waals surface area contributed by atoms with Crippen molar-refractivity contribution >= 4 is 35.0 Å². The summed E-state index contributed by atoms with van der Waals surface area (Å²) in [6, 6.07) is 7.25. The third-order valence-corrected chi connectivity index (χ3v) is 4.41. The van der Waals surface area contributed by atoms with Crippen LogP contribution in [0.1, 0.15) is 0 Å². The topological polar surface area (TPSA) is 44.4 Å². The molecule has 110 valence electrons. The van der Waals surface area contributed by atoms with E-state index in [4.69, 9.17) is 11.6 Å². The Kier molecular flexibility index (Phi) is 6.66. The lowest BCUT2D eigenvalue weighted by atomic mass is 10.3. The van der Waals surface area contributed by atoms with E-state index in [1.807, 2.05) is 23.9 Å². The zero-order chi connectivity index (χ0) is 14.2. The van der Waals surface area contributed by atoms with E-state index in [1.165, 1.54) is 11.5 Å². The molecule has 4 nitrogen and oxygen atoms in total. The van der Waals surface area contributed by atoms with Crippen molar-refractivity contribution in [3.05, 3.63) is 29.3 Å². The normalized spacial score (nSPS) is 16.1. The summed E-state index contributed by atoms with van der Waals surface area (Å²) in [4.78, 5) is 14.2. The van der Waals surface area contributed by atoms with E-state index in [-0.39, 0.29) is 5.91 Å². The minimum Gasteiger partial charge on any atom is -0.324 e. The molecule has 1 heterocycles. The molecule has 1 fully saturated rings. The van der Waals surface area contributed by atoms with Gasteiger partial charge in [0.25, 0.3) is 0 Å². The first-order valence-corrected chi connectivity index (χ1v) is 8.34. The van der Waals surface area contributed by atoms with Crippen molar-refractivity contribution in [2.75, 3.05) is 49.5 Å². The van der Waals surface area contributed by atoms with Crippen LogP contribution in [0.15, 0.2) is 24.3 Å². The van der Waals surface area contributed by atoms with Gasteiger partial charge in [-0.2, -0.15) is 11.8 Å². The Morgan fingerprint density at radius 1 is 1.30 bits per heavy atom. The zero-order valence-corrected chi connectivity index (χ0v) is 13.0. The van der Waals surface area contributed by atoms with Gasteiger partial charge in [-0.25, -0.2) is 0 Å². The second-order valence-corrected chi connectivity index (χ2v) is 6.29. The number of hydrogen-bond donors (Lipinski definition) is 2. The lowest BCUT2D eigenvalue weighted by Crippen LogP contribution is -2.39. The average molecular weight is 314 g/mol. The molecular formula is C14H20ClN3OS. The fraction of sp³-hybridized carbons (Fsp3) is 0.500. The molecule has 0 radical (unpaired) electrons. The molecular weight excluding hydrogens is 294 g/mol. The lowest BCUT2D eigenvalue weighted by molar-refractivity contribution is -0.115. The maximum absolute atomic E-state index is 11.8. The molecule has 0 unspecified atom stereocenters.